The van der Waals surface area contributed by atoms with E-state index in [9.17, 15) is 4.79 Å². The number of rotatable bonds is 4. The summed E-state index contributed by atoms with van der Waals surface area (Å²) in [5, 5.41) is 2.04. The molecule has 0 atom stereocenters. The Morgan fingerprint density at radius 2 is 2.10 bits per heavy atom. The van der Waals surface area contributed by atoms with Crippen LogP contribution in [0.4, 0.5) is 0 Å². The summed E-state index contributed by atoms with van der Waals surface area (Å²) in [5.41, 5.74) is 1.75. The van der Waals surface area contributed by atoms with Crippen LogP contribution in [0.3, 0.4) is 0 Å². The van der Waals surface area contributed by atoms with Crippen molar-refractivity contribution < 1.29 is 9.53 Å². The summed E-state index contributed by atoms with van der Waals surface area (Å²) < 4.78 is 7.01. The molecule has 1 aromatic carbocycles. The van der Waals surface area contributed by atoms with Crippen molar-refractivity contribution in [2.75, 3.05) is 14.2 Å². The van der Waals surface area contributed by atoms with E-state index in [1.54, 1.807) is 48.6 Å². The van der Waals surface area contributed by atoms with E-state index in [-0.39, 0.29) is 5.91 Å². The molecule has 0 radical (unpaired) electrons. The molecule has 0 aliphatic heterocycles. The first-order valence-electron chi connectivity index (χ1n) is 5.83. The highest BCUT2D eigenvalue weighted by molar-refractivity contribution is 9.11. The highest BCUT2D eigenvalue weighted by Crippen LogP contribution is 2.26. The summed E-state index contributed by atoms with van der Waals surface area (Å²) in [7, 11) is 3.40. The summed E-state index contributed by atoms with van der Waals surface area (Å²) in [5.74, 6) is 0.696. The van der Waals surface area contributed by atoms with Crippen LogP contribution in [0, 0.1) is 0 Å². The molecule has 0 bridgehead atoms. The van der Waals surface area contributed by atoms with Crippen molar-refractivity contribution in [1.29, 1.82) is 0 Å². The molecule has 1 amide bonds. The predicted molar refractivity (Wildman–Crippen MR) is 88.5 cm³/mol. The molecule has 0 aliphatic rings. The van der Waals surface area contributed by atoms with Gasteiger partial charge in [-0.15, -0.1) is 11.3 Å². The van der Waals surface area contributed by atoms with Crippen LogP contribution < -0.4 is 4.74 Å². The molecule has 2 aromatic rings. The molecule has 106 valence electrons. The fourth-order valence-corrected chi connectivity index (χ4v) is 3.54. The minimum absolute atomic E-state index is 0.0179. The van der Waals surface area contributed by atoms with Crippen molar-refractivity contribution in [2.45, 2.75) is 6.54 Å². The van der Waals surface area contributed by atoms with Gasteiger partial charge in [0.25, 0.3) is 5.91 Å². The van der Waals surface area contributed by atoms with Crippen LogP contribution in [0.2, 0.25) is 0 Å². The van der Waals surface area contributed by atoms with Gasteiger partial charge in [-0.25, -0.2) is 0 Å². The first kappa shape index (κ1) is 15.5. The summed E-state index contributed by atoms with van der Waals surface area (Å²) in [4.78, 5) is 14.1. The van der Waals surface area contributed by atoms with Crippen LogP contribution in [0.25, 0.3) is 0 Å². The monoisotopic (exact) mass is 417 g/mol. The summed E-state index contributed by atoms with van der Waals surface area (Å²) in [6.07, 6.45) is 0. The summed E-state index contributed by atoms with van der Waals surface area (Å²) in [6, 6.07) is 7.36. The van der Waals surface area contributed by atoms with Gasteiger partial charge in [-0.05, 0) is 67.1 Å². The summed E-state index contributed by atoms with van der Waals surface area (Å²) >= 11 is 8.43. The number of halogens is 2. The molecule has 0 saturated heterocycles. The first-order chi connectivity index (χ1) is 9.51. The Bertz CT molecular complexity index is 627. The van der Waals surface area contributed by atoms with Gasteiger partial charge in [0, 0.05) is 19.2 Å². The standard InChI is InChI=1S/C14H13Br2NO2S/c1-17(7-9-5-13(16)20-8-9)14(18)10-3-4-12(19-2)11(15)6-10/h3-6,8H,7H2,1-2H3. The third-order valence-electron chi connectivity index (χ3n) is 2.79. The lowest BCUT2D eigenvalue weighted by molar-refractivity contribution is 0.0785. The maximum atomic E-state index is 12.4. The average Bonchev–Trinajstić information content (AvgIpc) is 2.83. The first-order valence-corrected chi connectivity index (χ1v) is 8.29. The van der Waals surface area contributed by atoms with Crippen molar-refractivity contribution >= 4 is 49.1 Å². The predicted octanol–water partition coefficient (Wildman–Crippen LogP) is 4.55. The Morgan fingerprint density at radius 1 is 1.35 bits per heavy atom. The summed E-state index contributed by atoms with van der Waals surface area (Å²) in [6.45, 7) is 0.588. The highest BCUT2D eigenvalue weighted by atomic mass is 79.9. The third-order valence-corrected chi connectivity index (χ3v) is 4.96. The number of carbonyl (C=O) groups is 1. The molecule has 6 heteroatoms. The van der Waals surface area contributed by atoms with Gasteiger partial charge in [0.1, 0.15) is 5.75 Å². The molecular formula is C14H13Br2NO2S. The topological polar surface area (TPSA) is 29.5 Å². The van der Waals surface area contributed by atoms with E-state index >= 15 is 0 Å². The molecule has 1 heterocycles. The van der Waals surface area contributed by atoms with E-state index in [1.165, 1.54) is 0 Å². The quantitative estimate of drug-likeness (QED) is 0.728. The Morgan fingerprint density at radius 3 is 2.65 bits per heavy atom. The fraction of sp³-hybridized carbons (Fsp3) is 0.214. The van der Waals surface area contributed by atoms with Crippen LogP contribution in [-0.2, 0) is 6.54 Å². The third kappa shape index (κ3) is 3.62. The van der Waals surface area contributed by atoms with Gasteiger partial charge < -0.3 is 9.64 Å². The van der Waals surface area contributed by atoms with Crippen LogP contribution in [0.15, 0.2) is 37.9 Å². The van der Waals surface area contributed by atoms with Crippen LogP contribution >= 0.6 is 43.2 Å². The molecule has 1 aromatic heterocycles. The second-order valence-electron chi connectivity index (χ2n) is 4.27. The lowest BCUT2D eigenvalue weighted by atomic mass is 10.2. The van der Waals surface area contributed by atoms with Gasteiger partial charge in [-0.1, -0.05) is 0 Å². The zero-order chi connectivity index (χ0) is 14.7. The second-order valence-corrected chi connectivity index (χ2v) is 7.41. The van der Waals surface area contributed by atoms with E-state index in [2.05, 4.69) is 31.9 Å². The molecule has 0 aliphatic carbocycles. The molecule has 0 unspecified atom stereocenters. The number of thiophene rings is 1. The Labute approximate surface area is 138 Å². The molecular weight excluding hydrogens is 406 g/mol. The van der Waals surface area contributed by atoms with Crippen molar-refractivity contribution in [3.8, 4) is 5.75 Å². The number of benzene rings is 1. The SMILES string of the molecule is COc1ccc(C(=O)N(C)Cc2csc(Br)c2)cc1Br. The van der Waals surface area contributed by atoms with Crippen LogP contribution in [0.5, 0.6) is 5.75 Å². The smallest absolute Gasteiger partial charge is 0.253 e. The highest BCUT2D eigenvalue weighted by Gasteiger charge is 2.14. The Balaban J connectivity index is 2.12. The maximum Gasteiger partial charge on any atom is 0.253 e. The second kappa shape index (κ2) is 6.74. The minimum Gasteiger partial charge on any atom is -0.496 e. The number of carbonyl (C=O) groups excluding carboxylic acids is 1. The van der Waals surface area contributed by atoms with E-state index in [0.29, 0.717) is 17.9 Å². The zero-order valence-electron chi connectivity index (χ0n) is 11.0. The normalized spacial score (nSPS) is 10.4. The van der Waals surface area contributed by atoms with E-state index < -0.39 is 0 Å². The zero-order valence-corrected chi connectivity index (χ0v) is 15.0. The fourth-order valence-electron chi connectivity index (χ4n) is 1.79. The van der Waals surface area contributed by atoms with Crippen LogP contribution in [0.1, 0.15) is 15.9 Å². The van der Waals surface area contributed by atoms with E-state index in [4.69, 9.17) is 4.74 Å². The molecule has 0 spiro atoms. The molecule has 2 rings (SSSR count). The molecule has 20 heavy (non-hydrogen) atoms. The minimum atomic E-state index is -0.0179. The number of hydrogen-bond donors (Lipinski definition) is 0. The van der Waals surface area contributed by atoms with Crippen molar-refractivity contribution in [1.82, 2.24) is 4.90 Å². The molecule has 0 fully saturated rings. The van der Waals surface area contributed by atoms with Crippen molar-refractivity contribution in [3.63, 3.8) is 0 Å². The van der Waals surface area contributed by atoms with Gasteiger partial charge in [0.2, 0.25) is 0 Å². The van der Waals surface area contributed by atoms with Gasteiger partial charge in [-0.3, -0.25) is 4.79 Å². The Hall–Kier alpha value is -0.850. The van der Waals surface area contributed by atoms with Gasteiger partial charge >= 0.3 is 0 Å². The van der Waals surface area contributed by atoms with Gasteiger partial charge in [0.05, 0.1) is 15.4 Å². The van der Waals surface area contributed by atoms with E-state index in [1.807, 2.05) is 11.4 Å². The van der Waals surface area contributed by atoms with Crippen LogP contribution in [-0.4, -0.2) is 25.0 Å². The lowest BCUT2D eigenvalue weighted by Gasteiger charge is -2.17. The van der Waals surface area contributed by atoms with Crippen molar-refractivity contribution in [3.05, 3.63) is 49.0 Å². The molecule has 0 saturated carbocycles. The van der Waals surface area contributed by atoms with E-state index in [0.717, 1.165) is 13.8 Å². The number of hydrogen-bond acceptors (Lipinski definition) is 3. The van der Waals surface area contributed by atoms with Gasteiger partial charge in [0.15, 0.2) is 0 Å². The number of ether oxygens (including phenoxy) is 1. The number of methoxy groups -OCH3 is 1. The maximum absolute atomic E-state index is 12.4. The molecule has 0 N–H and O–H groups in total. The largest absolute Gasteiger partial charge is 0.496 e. The molecule has 3 nitrogen and oxygen atoms in total. The van der Waals surface area contributed by atoms with Crippen molar-refractivity contribution in [2.24, 2.45) is 0 Å². The lowest BCUT2D eigenvalue weighted by Crippen LogP contribution is -2.25. The Kier molecular flexibility index (Phi) is 5.23. The van der Waals surface area contributed by atoms with Gasteiger partial charge in [-0.2, -0.15) is 0 Å². The average molecular weight is 419 g/mol. The number of nitrogens with zero attached hydrogens (tertiary/aromatic N) is 1. The number of amides is 1.